The monoisotopic (exact) mass is 302 g/mol. The maximum atomic E-state index is 12.6. The van der Waals surface area contributed by atoms with Gasteiger partial charge in [0.15, 0.2) is 0 Å². The molecule has 8 heteroatoms. The van der Waals surface area contributed by atoms with Gasteiger partial charge in [-0.05, 0) is 24.3 Å². The fourth-order valence-electron chi connectivity index (χ4n) is 1.43. The van der Waals surface area contributed by atoms with E-state index in [9.17, 15) is 13.2 Å². The van der Waals surface area contributed by atoms with Crippen LogP contribution in [-0.4, -0.2) is 9.97 Å². The average Bonchev–Trinajstić information content (AvgIpc) is 2.87. The van der Waals surface area contributed by atoms with E-state index in [1.165, 1.54) is 6.26 Å². The van der Waals surface area contributed by atoms with Crippen molar-refractivity contribution in [1.82, 2.24) is 4.98 Å². The molecule has 0 aromatic carbocycles. The predicted octanol–water partition coefficient (Wildman–Crippen LogP) is 2.91. The molecule has 0 aliphatic carbocycles. The summed E-state index contributed by atoms with van der Waals surface area (Å²) in [6, 6.07) is 5.19. The van der Waals surface area contributed by atoms with Gasteiger partial charge in [-0.3, -0.25) is 0 Å². The van der Waals surface area contributed by atoms with E-state index in [4.69, 9.17) is 27.1 Å². The highest BCUT2D eigenvalue weighted by atomic mass is 32.1. The standard InChI is InChI=1S/C12H9F3N2O2S/c13-12(14,15)9-4-3-8(10(16)20)11(17-9)19-6-7-2-1-5-18-7/h1-5H,6H2,(H2,16,20). The zero-order valence-corrected chi connectivity index (χ0v) is 10.8. The first-order chi connectivity index (χ1) is 9.38. The molecule has 0 atom stereocenters. The van der Waals surface area contributed by atoms with Crippen molar-refractivity contribution in [2.24, 2.45) is 5.73 Å². The molecule has 2 aromatic heterocycles. The number of pyridine rings is 1. The minimum atomic E-state index is -4.57. The Balaban J connectivity index is 2.29. The third kappa shape index (κ3) is 3.27. The highest BCUT2D eigenvalue weighted by Crippen LogP contribution is 2.30. The molecule has 2 N–H and O–H groups in total. The number of hydrogen-bond donors (Lipinski definition) is 1. The molecule has 0 amide bonds. The number of ether oxygens (including phenoxy) is 1. The zero-order chi connectivity index (χ0) is 14.8. The van der Waals surface area contributed by atoms with Crippen LogP contribution in [0.2, 0.25) is 0 Å². The van der Waals surface area contributed by atoms with Gasteiger partial charge in [-0.25, -0.2) is 4.98 Å². The third-order valence-electron chi connectivity index (χ3n) is 2.35. The van der Waals surface area contributed by atoms with Crippen molar-refractivity contribution in [3.63, 3.8) is 0 Å². The number of halogens is 3. The maximum Gasteiger partial charge on any atom is 0.433 e. The molecule has 2 rings (SSSR count). The fourth-order valence-corrected chi connectivity index (χ4v) is 1.59. The molecular formula is C12H9F3N2O2S. The second-order valence-corrected chi connectivity index (χ2v) is 4.22. The summed E-state index contributed by atoms with van der Waals surface area (Å²) in [5.41, 5.74) is 4.49. The number of thiocarbonyl (C=S) groups is 1. The van der Waals surface area contributed by atoms with Gasteiger partial charge in [-0.1, -0.05) is 12.2 Å². The van der Waals surface area contributed by atoms with E-state index in [2.05, 4.69) is 4.98 Å². The van der Waals surface area contributed by atoms with Crippen molar-refractivity contribution in [3.05, 3.63) is 47.5 Å². The topological polar surface area (TPSA) is 61.3 Å². The predicted molar refractivity (Wildman–Crippen MR) is 68.2 cm³/mol. The van der Waals surface area contributed by atoms with Crippen LogP contribution in [0.15, 0.2) is 34.9 Å². The van der Waals surface area contributed by atoms with Crippen molar-refractivity contribution in [2.45, 2.75) is 12.8 Å². The maximum absolute atomic E-state index is 12.6. The van der Waals surface area contributed by atoms with Gasteiger partial charge in [0, 0.05) is 0 Å². The first-order valence-corrected chi connectivity index (χ1v) is 5.82. The Bertz CT molecular complexity index is 612. The molecule has 0 spiro atoms. The summed E-state index contributed by atoms with van der Waals surface area (Å²) in [7, 11) is 0. The normalized spacial score (nSPS) is 11.3. The summed E-state index contributed by atoms with van der Waals surface area (Å²) >= 11 is 4.75. The van der Waals surface area contributed by atoms with Gasteiger partial charge in [-0.2, -0.15) is 13.2 Å². The Hall–Kier alpha value is -2.09. The Kier molecular flexibility index (Phi) is 3.93. The third-order valence-corrected chi connectivity index (χ3v) is 2.57. The van der Waals surface area contributed by atoms with Crippen LogP contribution in [0.4, 0.5) is 13.2 Å². The van der Waals surface area contributed by atoms with Crippen LogP contribution < -0.4 is 10.5 Å². The van der Waals surface area contributed by atoms with E-state index in [0.717, 1.165) is 12.1 Å². The van der Waals surface area contributed by atoms with Gasteiger partial charge in [0.05, 0.1) is 11.8 Å². The van der Waals surface area contributed by atoms with E-state index < -0.39 is 11.9 Å². The van der Waals surface area contributed by atoms with E-state index >= 15 is 0 Å². The second kappa shape index (κ2) is 5.49. The Morgan fingerprint density at radius 3 is 2.65 bits per heavy atom. The van der Waals surface area contributed by atoms with E-state index in [0.29, 0.717) is 5.76 Å². The number of nitrogens with two attached hydrogens (primary N) is 1. The summed E-state index contributed by atoms with van der Waals surface area (Å²) in [6.07, 6.45) is -3.15. The Morgan fingerprint density at radius 2 is 2.10 bits per heavy atom. The molecule has 0 aliphatic rings. The lowest BCUT2D eigenvalue weighted by Gasteiger charge is -2.12. The SMILES string of the molecule is NC(=S)c1ccc(C(F)(F)F)nc1OCc1ccco1. The summed E-state index contributed by atoms with van der Waals surface area (Å²) in [4.78, 5) is 3.31. The van der Waals surface area contributed by atoms with E-state index in [-0.39, 0.29) is 23.0 Å². The minimum Gasteiger partial charge on any atom is -0.469 e. The van der Waals surface area contributed by atoms with E-state index in [1.807, 2.05) is 0 Å². The van der Waals surface area contributed by atoms with Gasteiger partial charge in [-0.15, -0.1) is 0 Å². The molecule has 0 unspecified atom stereocenters. The van der Waals surface area contributed by atoms with Crippen molar-refractivity contribution in [1.29, 1.82) is 0 Å². The Morgan fingerprint density at radius 1 is 1.35 bits per heavy atom. The molecule has 0 bridgehead atoms. The van der Waals surface area contributed by atoms with Crippen LogP contribution in [0.3, 0.4) is 0 Å². The van der Waals surface area contributed by atoms with Crippen LogP contribution in [0.1, 0.15) is 17.0 Å². The average molecular weight is 302 g/mol. The largest absolute Gasteiger partial charge is 0.469 e. The molecule has 20 heavy (non-hydrogen) atoms. The first-order valence-electron chi connectivity index (χ1n) is 5.41. The number of aromatic nitrogens is 1. The quantitative estimate of drug-likeness (QED) is 0.880. The van der Waals surface area contributed by atoms with Crippen LogP contribution >= 0.6 is 12.2 Å². The molecule has 2 heterocycles. The molecule has 106 valence electrons. The van der Waals surface area contributed by atoms with Gasteiger partial charge < -0.3 is 14.9 Å². The van der Waals surface area contributed by atoms with Crippen LogP contribution in [0.5, 0.6) is 5.88 Å². The summed E-state index contributed by atoms with van der Waals surface area (Å²) < 4.78 is 48.1. The zero-order valence-electron chi connectivity index (χ0n) is 9.98. The molecule has 0 aliphatic heterocycles. The lowest BCUT2D eigenvalue weighted by molar-refractivity contribution is -0.141. The molecule has 0 saturated carbocycles. The van der Waals surface area contributed by atoms with E-state index in [1.54, 1.807) is 12.1 Å². The van der Waals surface area contributed by atoms with Crippen molar-refractivity contribution < 1.29 is 22.3 Å². The van der Waals surface area contributed by atoms with Crippen molar-refractivity contribution in [2.75, 3.05) is 0 Å². The molecule has 0 saturated heterocycles. The molecular weight excluding hydrogens is 293 g/mol. The van der Waals surface area contributed by atoms with Gasteiger partial charge in [0.25, 0.3) is 0 Å². The molecule has 4 nitrogen and oxygen atoms in total. The fraction of sp³-hybridized carbons (Fsp3) is 0.167. The Labute approximate surface area is 117 Å². The molecule has 0 fully saturated rings. The van der Waals surface area contributed by atoms with Crippen LogP contribution in [0, 0.1) is 0 Å². The lowest BCUT2D eigenvalue weighted by Crippen LogP contribution is -2.16. The second-order valence-electron chi connectivity index (χ2n) is 3.78. The van der Waals surface area contributed by atoms with Gasteiger partial charge in [0.2, 0.25) is 5.88 Å². The minimum absolute atomic E-state index is 0.0725. The summed E-state index contributed by atoms with van der Waals surface area (Å²) in [5.74, 6) is 0.168. The van der Waals surface area contributed by atoms with Gasteiger partial charge >= 0.3 is 6.18 Å². The summed E-state index contributed by atoms with van der Waals surface area (Å²) in [5, 5.41) is 0. The molecule has 2 aromatic rings. The number of alkyl halides is 3. The highest BCUT2D eigenvalue weighted by molar-refractivity contribution is 7.80. The number of furan rings is 1. The van der Waals surface area contributed by atoms with Gasteiger partial charge in [0.1, 0.15) is 23.0 Å². The van der Waals surface area contributed by atoms with Crippen molar-refractivity contribution >= 4 is 17.2 Å². The smallest absolute Gasteiger partial charge is 0.433 e. The summed E-state index contributed by atoms with van der Waals surface area (Å²) in [6.45, 7) is -0.0725. The van der Waals surface area contributed by atoms with Crippen LogP contribution in [0.25, 0.3) is 0 Å². The number of hydrogen-bond acceptors (Lipinski definition) is 4. The lowest BCUT2D eigenvalue weighted by atomic mass is 10.2. The van der Waals surface area contributed by atoms with Crippen LogP contribution in [-0.2, 0) is 12.8 Å². The number of rotatable bonds is 4. The highest BCUT2D eigenvalue weighted by Gasteiger charge is 2.33. The first kappa shape index (κ1) is 14.3. The number of nitrogens with zero attached hydrogens (tertiary/aromatic N) is 1. The molecule has 0 radical (unpaired) electrons. The van der Waals surface area contributed by atoms with Crippen molar-refractivity contribution in [3.8, 4) is 5.88 Å².